The topological polar surface area (TPSA) is 29.9 Å². The highest BCUT2D eigenvalue weighted by Gasteiger charge is 2.13. The van der Waals surface area contributed by atoms with Crippen molar-refractivity contribution in [1.82, 2.24) is 9.55 Å². The summed E-state index contributed by atoms with van der Waals surface area (Å²) in [5, 5.41) is 3.35. The second kappa shape index (κ2) is 3.40. The molecule has 0 amide bonds. The van der Waals surface area contributed by atoms with Gasteiger partial charge in [0.05, 0.1) is 6.20 Å². The number of aromatic nitrogens is 2. The Bertz CT molecular complexity index is 288. The monoisotopic (exact) mass is 179 g/mol. The highest BCUT2D eigenvalue weighted by molar-refractivity contribution is 5.31. The van der Waals surface area contributed by atoms with E-state index in [1.807, 2.05) is 6.20 Å². The molecule has 2 rings (SSSR count). The van der Waals surface area contributed by atoms with Crippen LogP contribution < -0.4 is 5.32 Å². The molecule has 0 aliphatic carbocycles. The van der Waals surface area contributed by atoms with Crippen molar-refractivity contribution in [1.29, 1.82) is 0 Å². The van der Waals surface area contributed by atoms with Crippen LogP contribution in [0.2, 0.25) is 0 Å². The van der Waals surface area contributed by atoms with E-state index in [2.05, 4.69) is 28.7 Å². The molecule has 0 radical (unpaired) electrons. The van der Waals surface area contributed by atoms with Gasteiger partial charge in [0.25, 0.3) is 0 Å². The maximum atomic E-state index is 4.39. The Morgan fingerprint density at radius 1 is 1.46 bits per heavy atom. The minimum Gasteiger partial charge on any atom is -0.356 e. The van der Waals surface area contributed by atoms with Crippen LogP contribution in [0.1, 0.15) is 38.3 Å². The van der Waals surface area contributed by atoms with E-state index in [0.29, 0.717) is 5.92 Å². The predicted molar refractivity (Wildman–Crippen MR) is 54.0 cm³/mol. The predicted octanol–water partition coefficient (Wildman–Crippen LogP) is 2.21. The third-order valence-corrected chi connectivity index (χ3v) is 2.57. The van der Waals surface area contributed by atoms with Gasteiger partial charge in [-0.1, -0.05) is 13.8 Å². The Morgan fingerprint density at radius 3 is 3.08 bits per heavy atom. The van der Waals surface area contributed by atoms with E-state index in [1.165, 1.54) is 18.5 Å². The van der Waals surface area contributed by atoms with E-state index in [0.717, 1.165) is 19.0 Å². The number of imidazole rings is 1. The van der Waals surface area contributed by atoms with Crippen LogP contribution in [0, 0.1) is 0 Å². The van der Waals surface area contributed by atoms with Crippen molar-refractivity contribution in [3.05, 3.63) is 11.9 Å². The molecular formula is C10H17N3. The standard InChI is InChI=1S/C10H17N3/c1-8(2)9-7-12-10-11-5-3-4-6-13(9)10/h7-8H,3-6H2,1-2H3,(H,11,12). The van der Waals surface area contributed by atoms with Gasteiger partial charge in [0, 0.05) is 18.8 Å². The summed E-state index contributed by atoms with van der Waals surface area (Å²) < 4.78 is 2.32. The quantitative estimate of drug-likeness (QED) is 0.716. The number of anilines is 1. The largest absolute Gasteiger partial charge is 0.356 e. The molecule has 1 aromatic rings. The lowest BCUT2D eigenvalue weighted by Crippen LogP contribution is -2.06. The molecule has 0 unspecified atom stereocenters. The zero-order valence-electron chi connectivity index (χ0n) is 8.38. The van der Waals surface area contributed by atoms with Gasteiger partial charge in [0.2, 0.25) is 5.95 Å². The summed E-state index contributed by atoms with van der Waals surface area (Å²) in [4.78, 5) is 4.39. The first-order valence-corrected chi connectivity index (χ1v) is 5.08. The van der Waals surface area contributed by atoms with E-state index in [4.69, 9.17) is 0 Å². The van der Waals surface area contributed by atoms with Gasteiger partial charge in [-0.25, -0.2) is 4.98 Å². The summed E-state index contributed by atoms with van der Waals surface area (Å²) in [6.07, 6.45) is 4.51. The van der Waals surface area contributed by atoms with Crippen LogP contribution in [-0.2, 0) is 6.54 Å². The van der Waals surface area contributed by atoms with Crippen LogP contribution >= 0.6 is 0 Å². The SMILES string of the molecule is CC(C)c1cnc2n1CCCCN2. The van der Waals surface area contributed by atoms with E-state index >= 15 is 0 Å². The summed E-state index contributed by atoms with van der Waals surface area (Å²) in [5.74, 6) is 1.63. The van der Waals surface area contributed by atoms with Gasteiger partial charge >= 0.3 is 0 Å². The molecule has 0 saturated heterocycles. The molecule has 0 fully saturated rings. The van der Waals surface area contributed by atoms with Gasteiger partial charge in [-0.15, -0.1) is 0 Å². The number of nitrogens with zero attached hydrogens (tertiary/aromatic N) is 2. The Morgan fingerprint density at radius 2 is 2.31 bits per heavy atom. The Kier molecular flexibility index (Phi) is 2.25. The van der Waals surface area contributed by atoms with Crippen molar-refractivity contribution in [2.24, 2.45) is 0 Å². The molecule has 3 heteroatoms. The fourth-order valence-electron chi connectivity index (χ4n) is 1.82. The lowest BCUT2D eigenvalue weighted by atomic mass is 10.1. The summed E-state index contributed by atoms with van der Waals surface area (Å²) in [5.41, 5.74) is 1.35. The third kappa shape index (κ3) is 1.55. The average Bonchev–Trinajstić information content (AvgIpc) is 2.36. The molecule has 1 aliphatic heterocycles. The lowest BCUT2D eigenvalue weighted by molar-refractivity contribution is 0.613. The number of hydrogen-bond donors (Lipinski definition) is 1. The third-order valence-electron chi connectivity index (χ3n) is 2.57. The highest BCUT2D eigenvalue weighted by Crippen LogP contribution is 2.21. The first-order valence-electron chi connectivity index (χ1n) is 5.08. The van der Waals surface area contributed by atoms with Crippen molar-refractivity contribution in [3.8, 4) is 0 Å². The van der Waals surface area contributed by atoms with Crippen molar-refractivity contribution in [3.63, 3.8) is 0 Å². The van der Waals surface area contributed by atoms with Gasteiger partial charge in [-0.2, -0.15) is 0 Å². The number of rotatable bonds is 1. The molecule has 0 atom stereocenters. The van der Waals surface area contributed by atoms with Crippen molar-refractivity contribution in [2.45, 2.75) is 39.2 Å². The van der Waals surface area contributed by atoms with Gasteiger partial charge < -0.3 is 9.88 Å². The molecule has 1 aliphatic rings. The summed E-state index contributed by atoms with van der Waals surface area (Å²) in [6, 6.07) is 0. The van der Waals surface area contributed by atoms with Crippen LogP contribution in [0.4, 0.5) is 5.95 Å². The van der Waals surface area contributed by atoms with Crippen LogP contribution in [0.15, 0.2) is 6.20 Å². The maximum absolute atomic E-state index is 4.39. The molecule has 13 heavy (non-hydrogen) atoms. The zero-order valence-corrected chi connectivity index (χ0v) is 8.38. The second-order valence-corrected chi connectivity index (χ2v) is 3.95. The smallest absolute Gasteiger partial charge is 0.203 e. The summed E-state index contributed by atoms with van der Waals surface area (Å²) in [6.45, 7) is 6.62. The van der Waals surface area contributed by atoms with Gasteiger partial charge in [-0.3, -0.25) is 0 Å². The molecule has 3 nitrogen and oxygen atoms in total. The van der Waals surface area contributed by atoms with Crippen LogP contribution in [0.25, 0.3) is 0 Å². The van der Waals surface area contributed by atoms with E-state index in [-0.39, 0.29) is 0 Å². The van der Waals surface area contributed by atoms with Crippen molar-refractivity contribution in [2.75, 3.05) is 11.9 Å². The van der Waals surface area contributed by atoms with E-state index in [1.54, 1.807) is 0 Å². The summed E-state index contributed by atoms with van der Waals surface area (Å²) >= 11 is 0. The minimum absolute atomic E-state index is 0.571. The Balaban J connectivity index is 2.34. The highest BCUT2D eigenvalue weighted by atomic mass is 15.2. The lowest BCUT2D eigenvalue weighted by Gasteiger charge is -2.10. The van der Waals surface area contributed by atoms with Crippen molar-refractivity contribution < 1.29 is 0 Å². The number of fused-ring (bicyclic) bond motifs is 1. The first-order chi connectivity index (χ1) is 6.29. The van der Waals surface area contributed by atoms with Gasteiger partial charge in [0.15, 0.2) is 0 Å². The Hall–Kier alpha value is -0.990. The number of nitrogens with one attached hydrogen (secondary N) is 1. The molecule has 0 spiro atoms. The molecule has 0 saturated carbocycles. The summed E-state index contributed by atoms with van der Waals surface area (Å²) in [7, 11) is 0. The fraction of sp³-hybridized carbons (Fsp3) is 0.700. The average molecular weight is 179 g/mol. The first kappa shape index (κ1) is 8.60. The molecule has 1 aromatic heterocycles. The van der Waals surface area contributed by atoms with E-state index < -0.39 is 0 Å². The van der Waals surface area contributed by atoms with Crippen LogP contribution in [-0.4, -0.2) is 16.1 Å². The minimum atomic E-state index is 0.571. The van der Waals surface area contributed by atoms with Gasteiger partial charge in [0.1, 0.15) is 0 Å². The Labute approximate surface area is 79.2 Å². The van der Waals surface area contributed by atoms with E-state index in [9.17, 15) is 0 Å². The molecule has 0 bridgehead atoms. The fourth-order valence-corrected chi connectivity index (χ4v) is 1.82. The normalized spacial score (nSPS) is 16.5. The molecule has 2 heterocycles. The molecular weight excluding hydrogens is 162 g/mol. The molecule has 72 valence electrons. The molecule has 1 N–H and O–H groups in total. The van der Waals surface area contributed by atoms with Crippen LogP contribution in [0.3, 0.4) is 0 Å². The number of hydrogen-bond acceptors (Lipinski definition) is 2. The zero-order chi connectivity index (χ0) is 9.26. The van der Waals surface area contributed by atoms with Crippen LogP contribution in [0.5, 0.6) is 0 Å². The maximum Gasteiger partial charge on any atom is 0.203 e. The molecule has 0 aromatic carbocycles. The van der Waals surface area contributed by atoms with Crippen molar-refractivity contribution >= 4 is 5.95 Å². The van der Waals surface area contributed by atoms with Gasteiger partial charge in [-0.05, 0) is 18.8 Å². The second-order valence-electron chi connectivity index (χ2n) is 3.95.